The lowest BCUT2D eigenvalue weighted by Gasteiger charge is -2.30. The largest absolute Gasteiger partial charge is 0.326 e. The summed E-state index contributed by atoms with van der Waals surface area (Å²) in [7, 11) is 2.13. The number of thiophene rings is 1. The summed E-state index contributed by atoms with van der Waals surface area (Å²) in [5, 5.41) is 0. The Morgan fingerprint density at radius 3 is 2.47 bits per heavy atom. The van der Waals surface area contributed by atoms with E-state index in [0.717, 1.165) is 6.54 Å². The first-order chi connectivity index (χ1) is 9.08. The van der Waals surface area contributed by atoms with E-state index < -0.39 is 0 Å². The number of hydrogen-bond acceptors (Lipinski definition) is 4. The third-order valence-corrected chi connectivity index (χ3v) is 4.28. The van der Waals surface area contributed by atoms with Crippen molar-refractivity contribution in [3.8, 4) is 0 Å². The number of likely N-dealkylation sites (N-methyl/N-ethyl adjacent to an activating group) is 1. The molecule has 0 saturated carbocycles. The Bertz CT molecular complexity index is 507. The number of rotatable bonds is 5. The van der Waals surface area contributed by atoms with Crippen molar-refractivity contribution in [2.45, 2.75) is 32.5 Å². The smallest absolute Gasteiger partial charge is 0.0591 e. The van der Waals surface area contributed by atoms with Crippen molar-refractivity contribution < 1.29 is 0 Å². The summed E-state index contributed by atoms with van der Waals surface area (Å²) >= 11 is 1.83. The summed E-state index contributed by atoms with van der Waals surface area (Å²) in [6.07, 6.45) is 3.67. The molecule has 0 radical (unpaired) electrons. The average molecular weight is 275 g/mol. The molecular weight excluding hydrogens is 254 g/mol. The van der Waals surface area contributed by atoms with Gasteiger partial charge >= 0.3 is 0 Å². The average Bonchev–Trinajstić information content (AvgIpc) is 2.76. The SMILES string of the molecule is Cc1ccc(C(C(C)N)N(C)Cc2ccncc2)s1. The molecule has 0 aliphatic heterocycles. The van der Waals surface area contributed by atoms with Gasteiger partial charge in [0.25, 0.3) is 0 Å². The van der Waals surface area contributed by atoms with Crippen molar-refractivity contribution in [2.75, 3.05) is 7.05 Å². The van der Waals surface area contributed by atoms with Crippen molar-refractivity contribution in [1.82, 2.24) is 9.88 Å². The predicted molar refractivity (Wildman–Crippen MR) is 81.2 cm³/mol. The molecule has 0 spiro atoms. The zero-order chi connectivity index (χ0) is 13.8. The fourth-order valence-corrected chi connectivity index (χ4v) is 3.52. The molecule has 3 nitrogen and oxygen atoms in total. The van der Waals surface area contributed by atoms with Crippen LogP contribution in [-0.4, -0.2) is 23.0 Å². The van der Waals surface area contributed by atoms with Crippen LogP contribution in [0.4, 0.5) is 0 Å². The van der Waals surface area contributed by atoms with Gasteiger partial charge in [0.15, 0.2) is 0 Å². The number of aryl methyl sites for hydroxylation is 1. The van der Waals surface area contributed by atoms with Crippen LogP contribution in [0.1, 0.15) is 28.3 Å². The summed E-state index contributed by atoms with van der Waals surface area (Å²) in [5.41, 5.74) is 7.45. The number of aromatic nitrogens is 1. The summed E-state index contributed by atoms with van der Waals surface area (Å²) in [5.74, 6) is 0. The molecule has 0 amide bonds. The van der Waals surface area contributed by atoms with E-state index in [4.69, 9.17) is 5.73 Å². The Hall–Kier alpha value is -1.23. The molecule has 2 atom stereocenters. The van der Waals surface area contributed by atoms with E-state index >= 15 is 0 Å². The molecule has 2 aromatic rings. The van der Waals surface area contributed by atoms with E-state index in [1.165, 1.54) is 15.3 Å². The molecule has 0 aromatic carbocycles. The predicted octanol–water partition coefficient (Wildman–Crippen LogP) is 2.97. The van der Waals surface area contributed by atoms with Gasteiger partial charge in [-0.1, -0.05) is 0 Å². The highest BCUT2D eigenvalue weighted by Gasteiger charge is 2.22. The van der Waals surface area contributed by atoms with Crippen LogP contribution >= 0.6 is 11.3 Å². The highest BCUT2D eigenvalue weighted by atomic mass is 32.1. The first-order valence-electron chi connectivity index (χ1n) is 6.49. The van der Waals surface area contributed by atoms with Gasteiger partial charge in [-0.2, -0.15) is 0 Å². The van der Waals surface area contributed by atoms with Gasteiger partial charge in [0, 0.05) is 34.7 Å². The van der Waals surface area contributed by atoms with Gasteiger partial charge in [-0.3, -0.25) is 9.88 Å². The number of pyridine rings is 1. The monoisotopic (exact) mass is 275 g/mol. The fourth-order valence-electron chi connectivity index (χ4n) is 2.36. The Kier molecular flexibility index (Phi) is 4.69. The van der Waals surface area contributed by atoms with Gasteiger partial charge in [0.2, 0.25) is 0 Å². The third-order valence-electron chi connectivity index (χ3n) is 3.21. The lowest BCUT2D eigenvalue weighted by molar-refractivity contribution is 0.214. The topological polar surface area (TPSA) is 42.1 Å². The van der Waals surface area contributed by atoms with E-state index in [0.29, 0.717) is 0 Å². The summed E-state index contributed by atoms with van der Waals surface area (Å²) < 4.78 is 0. The second kappa shape index (κ2) is 6.28. The van der Waals surface area contributed by atoms with Crippen molar-refractivity contribution in [1.29, 1.82) is 0 Å². The third kappa shape index (κ3) is 3.62. The molecule has 2 N–H and O–H groups in total. The van der Waals surface area contributed by atoms with Gasteiger partial charge in [0.05, 0.1) is 6.04 Å². The molecule has 2 aromatic heterocycles. The summed E-state index contributed by atoms with van der Waals surface area (Å²) in [4.78, 5) is 9.03. The molecule has 0 aliphatic rings. The molecule has 0 aliphatic carbocycles. The second-order valence-electron chi connectivity index (χ2n) is 5.02. The maximum absolute atomic E-state index is 6.19. The molecule has 2 heterocycles. The van der Waals surface area contributed by atoms with Gasteiger partial charge in [-0.05, 0) is 50.7 Å². The van der Waals surface area contributed by atoms with Crippen molar-refractivity contribution >= 4 is 11.3 Å². The Morgan fingerprint density at radius 1 is 1.26 bits per heavy atom. The second-order valence-corrected chi connectivity index (χ2v) is 6.34. The van der Waals surface area contributed by atoms with Gasteiger partial charge in [-0.25, -0.2) is 0 Å². The molecular formula is C15H21N3S. The molecule has 2 unspecified atom stereocenters. The van der Waals surface area contributed by atoms with Crippen LogP contribution in [0.2, 0.25) is 0 Å². The number of nitrogens with two attached hydrogens (primary N) is 1. The minimum Gasteiger partial charge on any atom is -0.326 e. The van der Waals surface area contributed by atoms with Gasteiger partial charge < -0.3 is 5.73 Å². The standard InChI is InChI=1S/C15H21N3S/c1-11-4-5-14(19-11)15(12(2)16)18(3)10-13-6-8-17-9-7-13/h4-9,12,15H,10,16H2,1-3H3. The molecule has 102 valence electrons. The first kappa shape index (κ1) is 14.2. The molecule has 0 saturated heterocycles. The summed E-state index contributed by atoms with van der Waals surface area (Å²) in [6, 6.07) is 8.81. The summed E-state index contributed by atoms with van der Waals surface area (Å²) in [6.45, 7) is 5.09. The van der Waals surface area contributed by atoms with Crippen molar-refractivity contribution in [3.63, 3.8) is 0 Å². The Labute approximate surface area is 119 Å². The molecule has 4 heteroatoms. The van der Waals surface area contributed by atoms with E-state index in [-0.39, 0.29) is 12.1 Å². The van der Waals surface area contributed by atoms with E-state index in [2.05, 4.69) is 55.0 Å². The van der Waals surface area contributed by atoms with Crippen LogP contribution in [0.25, 0.3) is 0 Å². The van der Waals surface area contributed by atoms with Crippen LogP contribution < -0.4 is 5.73 Å². The Morgan fingerprint density at radius 2 is 1.95 bits per heavy atom. The number of nitrogens with zero attached hydrogens (tertiary/aromatic N) is 2. The Balaban J connectivity index is 2.15. The van der Waals surface area contributed by atoms with Gasteiger partial charge in [-0.15, -0.1) is 11.3 Å². The van der Waals surface area contributed by atoms with Crippen LogP contribution in [0.15, 0.2) is 36.7 Å². The maximum Gasteiger partial charge on any atom is 0.0591 e. The van der Waals surface area contributed by atoms with Crippen LogP contribution in [0.5, 0.6) is 0 Å². The highest BCUT2D eigenvalue weighted by molar-refractivity contribution is 7.12. The van der Waals surface area contributed by atoms with E-state index in [9.17, 15) is 0 Å². The number of hydrogen-bond donors (Lipinski definition) is 1. The minimum absolute atomic E-state index is 0.102. The van der Waals surface area contributed by atoms with Gasteiger partial charge in [0.1, 0.15) is 0 Å². The van der Waals surface area contributed by atoms with Crippen LogP contribution in [0.3, 0.4) is 0 Å². The first-order valence-corrected chi connectivity index (χ1v) is 7.30. The minimum atomic E-state index is 0.102. The van der Waals surface area contributed by atoms with Crippen molar-refractivity contribution in [3.05, 3.63) is 52.0 Å². The van der Waals surface area contributed by atoms with E-state index in [1.807, 2.05) is 23.7 Å². The lowest BCUT2D eigenvalue weighted by atomic mass is 10.1. The zero-order valence-corrected chi connectivity index (χ0v) is 12.5. The molecule has 0 fully saturated rings. The fraction of sp³-hybridized carbons (Fsp3) is 0.400. The molecule has 0 bridgehead atoms. The zero-order valence-electron chi connectivity index (χ0n) is 11.7. The molecule has 19 heavy (non-hydrogen) atoms. The van der Waals surface area contributed by atoms with Crippen LogP contribution in [0, 0.1) is 6.92 Å². The lowest BCUT2D eigenvalue weighted by Crippen LogP contribution is -2.36. The van der Waals surface area contributed by atoms with Crippen molar-refractivity contribution in [2.24, 2.45) is 5.73 Å². The quantitative estimate of drug-likeness (QED) is 0.912. The van der Waals surface area contributed by atoms with E-state index in [1.54, 1.807) is 0 Å². The normalized spacial score (nSPS) is 14.6. The van der Waals surface area contributed by atoms with Crippen LogP contribution in [-0.2, 0) is 6.54 Å². The maximum atomic E-state index is 6.19. The molecule has 2 rings (SSSR count). The highest BCUT2D eigenvalue weighted by Crippen LogP contribution is 2.29.